The Balaban J connectivity index is 1.71. The Morgan fingerprint density at radius 3 is 2.67 bits per heavy atom. The van der Waals surface area contributed by atoms with Gasteiger partial charge in [0.25, 0.3) is 0 Å². The predicted octanol–water partition coefficient (Wildman–Crippen LogP) is 3.18. The van der Waals surface area contributed by atoms with Gasteiger partial charge in [-0.1, -0.05) is 41.9 Å². The van der Waals surface area contributed by atoms with Crippen LogP contribution in [0.15, 0.2) is 41.5 Å². The zero-order valence-corrected chi connectivity index (χ0v) is 12.3. The van der Waals surface area contributed by atoms with Crippen LogP contribution in [0.1, 0.15) is 18.4 Å². The number of hydrogen-bond acceptors (Lipinski definition) is 5. The minimum absolute atomic E-state index is 0.439. The van der Waals surface area contributed by atoms with E-state index in [0.29, 0.717) is 11.0 Å². The van der Waals surface area contributed by atoms with Gasteiger partial charge < -0.3 is 4.90 Å². The highest BCUT2D eigenvalue weighted by molar-refractivity contribution is 6.32. The lowest BCUT2D eigenvalue weighted by atomic mass is 10.2. The highest BCUT2D eigenvalue weighted by Gasteiger charge is 2.17. The van der Waals surface area contributed by atoms with Gasteiger partial charge in [0, 0.05) is 19.2 Å². The first-order chi connectivity index (χ1) is 10.3. The van der Waals surface area contributed by atoms with Crippen LogP contribution in [0.25, 0.3) is 0 Å². The topological polar surface area (TPSA) is 53.4 Å². The Kier molecular flexibility index (Phi) is 4.31. The molecule has 1 aromatic carbocycles. The van der Waals surface area contributed by atoms with Crippen LogP contribution in [0, 0.1) is 0 Å². The fourth-order valence-corrected chi connectivity index (χ4v) is 2.53. The van der Waals surface area contributed by atoms with Crippen LogP contribution in [0.4, 0.5) is 11.5 Å². The molecule has 0 atom stereocenters. The quantitative estimate of drug-likeness (QED) is 0.696. The van der Waals surface area contributed by atoms with Crippen molar-refractivity contribution in [3.8, 4) is 0 Å². The van der Waals surface area contributed by atoms with Crippen LogP contribution < -0.4 is 10.3 Å². The van der Waals surface area contributed by atoms with Crippen LogP contribution >= 0.6 is 11.6 Å². The SMILES string of the molecule is Clc1nnc(N/N=C/c2ccccc2)cc1N1CCCC1. The first kappa shape index (κ1) is 13.8. The van der Waals surface area contributed by atoms with Crippen LogP contribution in [-0.2, 0) is 0 Å². The number of halogens is 1. The van der Waals surface area contributed by atoms with Gasteiger partial charge in [-0.3, -0.25) is 5.43 Å². The van der Waals surface area contributed by atoms with Gasteiger partial charge in [0.1, 0.15) is 0 Å². The molecule has 2 aromatic rings. The Labute approximate surface area is 128 Å². The summed E-state index contributed by atoms with van der Waals surface area (Å²) >= 11 is 6.12. The number of hydrogen-bond donors (Lipinski definition) is 1. The van der Waals surface area contributed by atoms with Gasteiger partial charge in [-0.2, -0.15) is 5.10 Å². The number of nitrogens with zero attached hydrogens (tertiary/aromatic N) is 4. The summed E-state index contributed by atoms with van der Waals surface area (Å²) in [7, 11) is 0. The molecule has 0 saturated carbocycles. The molecule has 5 nitrogen and oxygen atoms in total. The van der Waals surface area contributed by atoms with Gasteiger partial charge in [0.2, 0.25) is 0 Å². The van der Waals surface area contributed by atoms with Crippen LogP contribution in [0.5, 0.6) is 0 Å². The highest BCUT2D eigenvalue weighted by atomic mass is 35.5. The molecular formula is C15H16ClN5. The fraction of sp³-hybridized carbons (Fsp3) is 0.267. The van der Waals surface area contributed by atoms with E-state index in [1.807, 2.05) is 36.4 Å². The minimum Gasteiger partial charge on any atom is -0.369 e. The third-order valence-electron chi connectivity index (χ3n) is 3.37. The summed E-state index contributed by atoms with van der Waals surface area (Å²) < 4.78 is 0. The molecule has 21 heavy (non-hydrogen) atoms. The molecule has 0 aliphatic carbocycles. The lowest BCUT2D eigenvalue weighted by molar-refractivity contribution is 0.936. The van der Waals surface area contributed by atoms with E-state index in [9.17, 15) is 0 Å². The molecule has 1 aliphatic rings. The summed E-state index contributed by atoms with van der Waals surface area (Å²) in [5.74, 6) is 0.591. The summed E-state index contributed by atoms with van der Waals surface area (Å²) in [6.45, 7) is 2.02. The van der Waals surface area contributed by atoms with Gasteiger partial charge in [-0.05, 0) is 18.4 Å². The lowest BCUT2D eigenvalue weighted by Gasteiger charge is -2.18. The maximum Gasteiger partial charge on any atom is 0.175 e. The number of nitrogens with one attached hydrogen (secondary N) is 1. The first-order valence-electron chi connectivity index (χ1n) is 6.95. The fourth-order valence-electron chi connectivity index (χ4n) is 2.31. The van der Waals surface area contributed by atoms with Gasteiger partial charge in [-0.15, -0.1) is 10.2 Å². The van der Waals surface area contributed by atoms with E-state index < -0.39 is 0 Å². The van der Waals surface area contributed by atoms with E-state index in [-0.39, 0.29) is 0 Å². The Morgan fingerprint density at radius 1 is 1.14 bits per heavy atom. The number of rotatable bonds is 4. The van der Waals surface area contributed by atoms with Crippen LogP contribution in [0.3, 0.4) is 0 Å². The molecule has 108 valence electrons. The Hall–Kier alpha value is -2.14. The molecular weight excluding hydrogens is 286 g/mol. The molecule has 1 N–H and O–H groups in total. The van der Waals surface area contributed by atoms with Crippen molar-refractivity contribution in [1.29, 1.82) is 0 Å². The van der Waals surface area contributed by atoms with Gasteiger partial charge in [0.05, 0.1) is 11.9 Å². The average molecular weight is 302 g/mol. The van der Waals surface area contributed by atoms with Crippen molar-refractivity contribution in [3.05, 3.63) is 47.1 Å². The summed E-state index contributed by atoms with van der Waals surface area (Å²) in [6.07, 6.45) is 4.12. The number of anilines is 2. The minimum atomic E-state index is 0.439. The van der Waals surface area contributed by atoms with E-state index in [1.54, 1.807) is 6.21 Å². The second kappa shape index (κ2) is 6.54. The molecule has 0 bridgehead atoms. The summed E-state index contributed by atoms with van der Waals surface area (Å²) in [5, 5.41) is 12.6. The zero-order valence-electron chi connectivity index (χ0n) is 11.5. The summed E-state index contributed by atoms with van der Waals surface area (Å²) in [6, 6.07) is 11.8. The standard InChI is InChI=1S/C15H16ClN5/c16-15-13(21-8-4-5-9-21)10-14(19-20-15)18-17-11-12-6-2-1-3-7-12/h1-3,6-7,10-11H,4-5,8-9H2,(H,18,19)/b17-11+. The van der Waals surface area contributed by atoms with E-state index in [0.717, 1.165) is 24.3 Å². The molecule has 6 heteroatoms. The van der Waals surface area contributed by atoms with E-state index in [2.05, 4.69) is 25.6 Å². The van der Waals surface area contributed by atoms with Crippen molar-refractivity contribution >= 4 is 29.3 Å². The summed E-state index contributed by atoms with van der Waals surface area (Å²) in [4.78, 5) is 2.23. The van der Waals surface area contributed by atoms with Crippen molar-refractivity contribution in [2.24, 2.45) is 5.10 Å². The predicted molar refractivity (Wildman–Crippen MR) is 86.1 cm³/mol. The lowest BCUT2D eigenvalue weighted by Crippen LogP contribution is -2.18. The molecule has 1 aromatic heterocycles. The highest BCUT2D eigenvalue weighted by Crippen LogP contribution is 2.28. The maximum atomic E-state index is 6.12. The van der Waals surface area contributed by atoms with E-state index in [4.69, 9.17) is 11.6 Å². The number of benzene rings is 1. The second-order valence-corrected chi connectivity index (χ2v) is 5.24. The van der Waals surface area contributed by atoms with Crippen LogP contribution in [0.2, 0.25) is 5.15 Å². The molecule has 0 unspecified atom stereocenters. The molecule has 1 fully saturated rings. The van der Waals surface area contributed by atoms with E-state index in [1.165, 1.54) is 12.8 Å². The van der Waals surface area contributed by atoms with Crippen LogP contribution in [-0.4, -0.2) is 29.5 Å². The third-order valence-corrected chi connectivity index (χ3v) is 3.64. The number of aromatic nitrogens is 2. The van der Waals surface area contributed by atoms with Crippen molar-refractivity contribution in [2.45, 2.75) is 12.8 Å². The molecule has 1 saturated heterocycles. The Bertz CT molecular complexity index is 623. The summed E-state index contributed by atoms with van der Waals surface area (Å²) in [5.41, 5.74) is 4.83. The van der Waals surface area contributed by atoms with Crippen molar-refractivity contribution in [2.75, 3.05) is 23.4 Å². The molecule has 0 spiro atoms. The smallest absolute Gasteiger partial charge is 0.175 e. The third kappa shape index (κ3) is 3.49. The molecule has 3 rings (SSSR count). The van der Waals surface area contributed by atoms with Crippen molar-refractivity contribution < 1.29 is 0 Å². The monoisotopic (exact) mass is 301 g/mol. The van der Waals surface area contributed by atoms with Crippen molar-refractivity contribution in [3.63, 3.8) is 0 Å². The number of hydrazone groups is 1. The van der Waals surface area contributed by atoms with E-state index >= 15 is 0 Å². The maximum absolute atomic E-state index is 6.12. The zero-order chi connectivity index (χ0) is 14.5. The molecule has 0 amide bonds. The normalized spacial score (nSPS) is 14.8. The van der Waals surface area contributed by atoms with Crippen molar-refractivity contribution in [1.82, 2.24) is 10.2 Å². The molecule has 1 aliphatic heterocycles. The second-order valence-electron chi connectivity index (χ2n) is 4.88. The van der Waals surface area contributed by atoms with Gasteiger partial charge in [0.15, 0.2) is 11.0 Å². The first-order valence-corrected chi connectivity index (χ1v) is 7.33. The van der Waals surface area contributed by atoms with Gasteiger partial charge in [-0.25, -0.2) is 0 Å². The molecule has 2 heterocycles. The molecule has 0 radical (unpaired) electrons. The Morgan fingerprint density at radius 2 is 1.90 bits per heavy atom. The largest absolute Gasteiger partial charge is 0.369 e. The average Bonchev–Trinajstić information content (AvgIpc) is 3.04. The van der Waals surface area contributed by atoms with Gasteiger partial charge >= 0.3 is 0 Å².